The zero-order chi connectivity index (χ0) is 18.2. The molecule has 0 heterocycles. The standard InChI is InChI=1S/C19H24BrN3O2.HI/c1-13-5-7-14(8-6-13)11-22-19(21-2)23-12-15-9-17(24-3)18(25-4)10-16(15)20;/h5-10H,11-12H2,1-4H3,(H2,21,22,23);1H. The van der Waals surface area contributed by atoms with Crippen LogP contribution in [0, 0.1) is 6.92 Å². The van der Waals surface area contributed by atoms with Crippen LogP contribution in [0.4, 0.5) is 0 Å². The van der Waals surface area contributed by atoms with Gasteiger partial charge in [0.05, 0.1) is 14.2 Å². The van der Waals surface area contributed by atoms with E-state index in [2.05, 4.69) is 62.7 Å². The van der Waals surface area contributed by atoms with Gasteiger partial charge in [0, 0.05) is 24.6 Å². The fourth-order valence-corrected chi connectivity index (χ4v) is 2.79. The fourth-order valence-electron chi connectivity index (χ4n) is 2.32. The molecule has 0 aromatic heterocycles. The molecule has 0 bridgehead atoms. The van der Waals surface area contributed by atoms with Crippen molar-refractivity contribution in [3.05, 3.63) is 57.6 Å². The Morgan fingerprint density at radius 1 is 1.00 bits per heavy atom. The Hall–Kier alpha value is -1.48. The second kappa shape index (κ2) is 11.3. The van der Waals surface area contributed by atoms with Gasteiger partial charge in [-0.25, -0.2) is 0 Å². The van der Waals surface area contributed by atoms with Gasteiger partial charge in [-0.2, -0.15) is 0 Å². The van der Waals surface area contributed by atoms with E-state index in [4.69, 9.17) is 9.47 Å². The van der Waals surface area contributed by atoms with E-state index in [1.165, 1.54) is 11.1 Å². The number of hydrogen-bond acceptors (Lipinski definition) is 3. The first kappa shape index (κ1) is 22.6. The molecule has 26 heavy (non-hydrogen) atoms. The van der Waals surface area contributed by atoms with E-state index in [1.54, 1.807) is 21.3 Å². The van der Waals surface area contributed by atoms with Gasteiger partial charge in [-0.15, -0.1) is 24.0 Å². The Balaban J connectivity index is 0.00000338. The number of ether oxygens (including phenoxy) is 2. The van der Waals surface area contributed by atoms with Crippen LogP contribution < -0.4 is 20.1 Å². The van der Waals surface area contributed by atoms with Crippen LogP contribution in [0.2, 0.25) is 0 Å². The van der Waals surface area contributed by atoms with Crippen LogP contribution in [-0.4, -0.2) is 27.2 Å². The molecule has 2 aromatic carbocycles. The van der Waals surface area contributed by atoms with Gasteiger partial charge in [-0.1, -0.05) is 45.8 Å². The Labute approximate surface area is 180 Å². The van der Waals surface area contributed by atoms with E-state index in [-0.39, 0.29) is 24.0 Å². The lowest BCUT2D eigenvalue weighted by molar-refractivity contribution is 0.354. The molecule has 0 fully saturated rings. The average Bonchev–Trinajstić information content (AvgIpc) is 2.63. The van der Waals surface area contributed by atoms with Gasteiger partial charge in [0.15, 0.2) is 17.5 Å². The summed E-state index contributed by atoms with van der Waals surface area (Å²) in [4.78, 5) is 4.26. The molecule has 0 atom stereocenters. The molecule has 0 saturated heterocycles. The Morgan fingerprint density at radius 2 is 1.58 bits per heavy atom. The van der Waals surface area contributed by atoms with E-state index in [0.29, 0.717) is 24.6 Å². The second-order valence-electron chi connectivity index (χ2n) is 5.56. The summed E-state index contributed by atoms with van der Waals surface area (Å²) in [6.07, 6.45) is 0. The smallest absolute Gasteiger partial charge is 0.191 e. The van der Waals surface area contributed by atoms with Crippen molar-refractivity contribution in [3.63, 3.8) is 0 Å². The molecule has 0 aliphatic heterocycles. The van der Waals surface area contributed by atoms with Crippen molar-refractivity contribution in [2.75, 3.05) is 21.3 Å². The summed E-state index contributed by atoms with van der Waals surface area (Å²) >= 11 is 3.57. The monoisotopic (exact) mass is 533 g/mol. The molecule has 5 nitrogen and oxygen atoms in total. The summed E-state index contributed by atoms with van der Waals surface area (Å²) < 4.78 is 11.6. The van der Waals surface area contributed by atoms with Crippen molar-refractivity contribution in [2.24, 2.45) is 4.99 Å². The molecule has 0 radical (unpaired) electrons. The van der Waals surface area contributed by atoms with Crippen molar-refractivity contribution < 1.29 is 9.47 Å². The molecule has 2 rings (SSSR count). The van der Waals surface area contributed by atoms with Crippen LogP contribution >= 0.6 is 39.9 Å². The maximum Gasteiger partial charge on any atom is 0.191 e. The Morgan fingerprint density at radius 3 is 2.15 bits per heavy atom. The van der Waals surface area contributed by atoms with E-state index in [0.717, 1.165) is 16.0 Å². The van der Waals surface area contributed by atoms with Crippen molar-refractivity contribution in [3.8, 4) is 11.5 Å². The molecular weight excluding hydrogens is 509 g/mol. The van der Waals surface area contributed by atoms with Crippen molar-refractivity contribution in [1.29, 1.82) is 0 Å². The number of aryl methyl sites for hydroxylation is 1. The Kier molecular flexibility index (Phi) is 9.79. The van der Waals surface area contributed by atoms with Gasteiger partial charge >= 0.3 is 0 Å². The zero-order valence-electron chi connectivity index (χ0n) is 15.4. The normalized spacial score (nSPS) is 10.7. The van der Waals surface area contributed by atoms with Gasteiger partial charge in [-0.05, 0) is 30.2 Å². The van der Waals surface area contributed by atoms with Crippen LogP contribution in [-0.2, 0) is 13.1 Å². The van der Waals surface area contributed by atoms with Crippen LogP contribution in [0.25, 0.3) is 0 Å². The summed E-state index contributed by atoms with van der Waals surface area (Å²) in [6.45, 7) is 3.40. The highest BCUT2D eigenvalue weighted by Crippen LogP contribution is 2.33. The number of benzene rings is 2. The maximum atomic E-state index is 5.36. The van der Waals surface area contributed by atoms with Crippen LogP contribution in [0.15, 0.2) is 45.9 Å². The number of guanidine groups is 1. The third-order valence-corrected chi connectivity index (χ3v) is 4.54. The van der Waals surface area contributed by atoms with Crippen molar-refractivity contribution >= 4 is 45.9 Å². The number of methoxy groups -OCH3 is 2. The van der Waals surface area contributed by atoms with E-state index >= 15 is 0 Å². The fraction of sp³-hybridized carbons (Fsp3) is 0.316. The third-order valence-electron chi connectivity index (χ3n) is 3.80. The number of nitrogens with one attached hydrogen (secondary N) is 2. The van der Waals surface area contributed by atoms with Crippen molar-refractivity contribution in [2.45, 2.75) is 20.0 Å². The minimum absolute atomic E-state index is 0. The molecule has 2 N–H and O–H groups in total. The van der Waals surface area contributed by atoms with E-state index in [1.807, 2.05) is 12.1 Å². The molecule has 0 saturated carbocycles. The SMILES string of the molecule is CN=C(NCc1ccc(C)cc1)NCc1cc(OC)c(OC)cc1Br.I. The quantitative estimate of drug-likeness (QED) is 0.331. The number of hydrogen-bond donors (Lipinski definition) is 2. The first-order valence-corrected chi connectivity index (χ1v) is 8.77. The average molecular weight is 534 g/mol. The predicted octanol–water partition coefficient (Wildman–Crippen LogP) is 4.26. The van der Waals surface area contributed by atoms with Gasteiger partial charge in [0.1, 0.15) is 0 Å². The van der Waals surface area contributed by atoms with E-state index in [9.17, 15) is 0 Å². The largest absolute Gasteiger partial charge is 0.493 e. The molecule has 0 amide bonds. The van der Waals surface area contributed by atoms with Gasteiger partial charge in [-0.3, -0.25) is 4.99 Å². The summed E-state index contributed by atoms with van der Waals surface area (Å²) in [7, 11) is 5.01. The summed E-state index contributed by atoms with van der Waals surface area (Å²) in [6, 6.07) is 12.3. The zero-order valence-corrected chi connectivity index (χ0v) is 19.3. The maximum absolute atomic E-state index is 5.36. The molecule has 2 aromatic rings. The van der Waals surface area contributed by atoms with Gasteiger partial charge in [0.2, 0.25) is 0 Å². The molecule has 142 valence electrons. The topological polar surface area (TPSA) is 54.9 Å². The molecule has 7 heteroatoms. The summed E-state index contributed by atoms with van der Waals surface area (Å²) in [5.74, 6) is 2.13. The summed E-state index contributed by atoms with van der Waals surface area (Å²) in [5, 5.41) is 6.62. The van der Waals surface area contributed by atoms with Gasteiger partial charge in [0.25, 0.3) is 0 Å². The number of halogens is 2. The lowest BCUT2D eigenvalue weighted by atomic mass is 10.1. The minimum atomic E-state index is 0. The number of aliphatic imine (C=N–C) groups is 1. The number of nitrogens with zero attached hydrogens (tertiary/aromatic N) is 1. The first-order chi connectivity index (χ1) is 12.1. The Bertz CT molecular complexity index is 736. The third kappa shape index (κ3) is 6.35. The van der Waals surface area contributed by atoms with E-state index < -0.39 is 0 Å². The lowest BCUT2D eigenvalue weighted by Gasteiger charge is -2.15. The van der Waals surface area contributed by atoms with Crippen LogP contribution in [0.1, 0.15) is 16.7 Å². The predicted molar refractivity (Wildman–Crippen MR) is 121 cm³/mol. The van der Waals surface area contributed by atoms with Gasteiger partial charge < -0.3 is 20.1 Å². The summed E-state index contributed by atoms with van der Waals surface area (Å²) in [5.41, 5.74) is 3.52. The van der Waals surface area contributed by atoms with Crippen LogP contribution in [0.5, 0.6) is 11.5 Å². The lowest BCUT2D eigenvalue weighted by Crippen LogP contribution is -2.36. The minimum Gasteiger partial charge on any atom is -0.493 e. The van der Waals surface area contributed by atoms with Crippen molar-refractivity contribution in [1.82, 2.24) is 10.6 Å². The molecule has 0 spiro atoms. The number of rotatable bonds is 6. The second-order valence-corrected chi connectivity index (χ2v) is 6.42. The highest BCUT2D eigenvalue weighted by molar-refractivity contribution is 14.0. The molecular formula is C19H25BrIN3O2. The molecule has 0 unspecified atom stereocenters. The highest BCUT2D eigenvalue weighted by atomic mass is 127. The first-order valence-electron chi connectivity index (χ1n) is 7.97. The van der Waals surface area contributed by atoms with Crippen LogP contribution in [0.3, 0.4) is 0 Å². The highest BCUT2D eigenvalue weighted by Gasteiger charge is 2.10. The molecule has 0 aliphatic rings. The molecule has 0 aliphatic carbocycles.